The third kappa shape index (κ3) is 7.79. The second-order valence-electron chi connectivity index (χ2n) is 15.4. The lowest BCUT2D eigenvalue weighted by Gasteiger charge is -2.63. The maximum atomic E-state index is 13.4. The van der Waals surface area contributed by atoms with Crippen LogP contribution < -0.4 is 15.0 Å². The standard InChI is InChI=1S/C36H49ClN6O4/c1-34(2,3)47-33(45)43-14-12-24(13-15-43)23-41-16-18-42(19-17-41)29-11-9-26(22-39-29)30(44)40-31-35(4,5)32(36(31,6)7)46-27-10-8-25(21-38)28(37)20-27/h8-11,20,22,24,31-32H,12-19,23H2,1-7H3,(H,40,44). The van der Waals surface area contributed by atoms with Crippen LogP contribution in [0, 0.1) is 28.1 Å². The minimum Gasteiger partial charge on any atom is -0.489 e. The summed E-state index contributed by atoms with van der Waals surface area (Å²) in [6.45, 7) is 20.3. The van der Waals surface area contributed by atoms with E-state index in [-0.39, 0.29) is 35.0 Å². The molecule has 1 aromatic carbocycles. The van der Waals surface area contributed by atoms with Gasteiger partial charge in [-0.1, -0.05) is 39.3 Å². The van der Waals surface area contributed by atoms with Gasteiger partial charge in [-0.2, -0.15) is 5.26 Å². The Labute approximate surface area is 284 Å². The monoisotopic (exact) mass is 664 g/mol. The van der Waals surface area contributed by atoms with Crippen LogP contribution in [0.1, 0.15) is 77.2 Å². The van der Waals surface area contributed by atoms with Gasteiger partial charge in [-0.3, -0.25) is 9.69 Å². The van der Waals surface area contributed by atoms with Gasteiger partial charge in [-0.25, -0.2) is 9.78 Å². The highest BCUT2D eigenvalue weighted by Crippen LogP contribution is 2.55. The van der Waals surface area contributed by atoms with E-state index in [9.17, 15) is 14.9 Å². The normalized spacial score (nSPS) is 23.0. The van der Waals surface area contributed by atoms with Crippen molar-refractivity contribution >= 4 is 29.4 Å². The molecule has 2 aliphatic heterocycles. The van der Waals surface area contributed by atoms with Gasteiger partial charge in [-0.05, 0) is 63.8 Å². The Morgan fingerprint density at radius 1 is 1.02 bits per heavy atom. The van der Waals surface area contributed by atoms with Crippen LogP contribution in [-0.2, 0) is 4.74 Å². The number of nitrogens with zero attached hydrogens (tertiary/aromatic N) is 5. The molecule has 0 bridgehead atoms. The highest BCUT2D eigenvalue weighted by atomic mass is 35.5. The quantitative estimate of drug-likeness (QED) is 0.385. The molecule has 47 heavy (non-hydrogen) atoms. The van der Waals surface area contributed by atoms with Crippen molar-refractivity contribution in [3.8, 4) is 11.8 Å². The minimum absolute atomic E-state index is 0.126. The number of carbonyl (C=O) groups excluding carboxylic acids is 2. The number of aromatic nitrogens is 1. The van der Waals surface area contributed by atoms with Crippen molar-refractivity contribution in [2.75, 3.05) is 50.7 Å². The topological polar surface area (TPSA) is 111 Å². The Hall–Kier alpha value is -3.55. The number of nitriles is 1. The first kappa shape index (κ1) is 34.8. The molecule has 3 fully saturated rings. The van der Waals surface area contributed by atoms with E-state index in [0.717, 1.165) is 64.5 Å². The summed E-state index contributed by atoms with van der Waals surface area (Å²) < 4.78 is 11.9. The van der Waals surface area contributed by atoms with Crippen molar-refractivity contribution in [1.82, 2.24) is 20.1 Å². The summed E-state index contributed by atoms with van der Waals surface area (Å²) in [4.78, 5) is 37.0. The van der Waals surface area contributed by atoms with Gasteiger partial charge in [-0.15, -0.1) is 0 Å². The van der Waals surface area contributed by atoms with Crippen molar-refractivity contribution in [3.05, 3.63) is 52.7 Å². The molecule has 0 spiro atoms. The first-order valence-corrected chi connectivity index (χ1v) is 17.0. The van der Waals surface area contributed by atoms with Crippen LogP contribution in [0.3, 0.4) is 0 Å². The van der Waals surface area contributed by atoms with Crippen LogP contribution in [0.5, 0.6) is 5.75 Å². The van der Waals surface area contributed by atoms with Crippen LogP contribution >= 0.6 is 11.6 Å². The first-order valence-electron chi connectivity index (χ1n) is 16.7. The predicted octanol–water partition coefficient (Wildman–Crippen LogP) is 5.99. The number of ether oxygens (including phenoxy) is 2. The summed E-state index contributed by atoms with van der Waals surface area (Å²) in [7, 11) is 0. The zero-order valence-electron chi connectivity index (χ0n) is 28.8. The molecule has 3 heterocycles. The summed E-state index contributed by atoms with van der Waals surface area (Å²) in [6.07, 6.45) is 3.29. The Morgan fingerprint density at radius 2 is 1.68 bits per heavy atom. The molecule has 10 nitrogen and oxygen atoms in total. The molecule has 1 aromatic heterocycles. The number of carbonyl (C=O) groups is 2. The molecule has 5 rings (SSSR count). The van der Waals surface area contributed by atoms with E-state index < -0.39 is 5.60 Å². The molecular weight excluding hydrogens is 616 g/mol. The summed E-state index contributed by atoms with van der Waals surface area (Å²) in [6, 6.07) is 10.8. The van der Waals surface area contributed by atoms with Gasteiger partial charge in [0.1, 0.15) is 29.3 Å². The van der Waals surface area contributed by atoms with Crippen LogP contribution in [0.15, 0.2) is 36.5 Å². The Bertz CT molecular complexity index is 1470. The lowest BCUT2D eigenvalue weighted by atomic mass is 9.49. The number of piperidine rings is 1. The number of likely N-dealkylation sites (tertiary alicyclic amines) is 1. The number of hydrogen-bond donors (Lipinski definition) is 1. The number of nitrogens with one attached hydrogen (secondary N) is 1. The van der Waals surface area contributed by atoms with E-state index in [2.05, 4.69) is 53.9 Å². The average Bonchev–Trinajstić information content (AvgIpc) is 3.02. The number of rotatable bonds is 7. The van der Waals surface area contributed by atoms with Crippen molar-refractivity contribution in [3.63, 3.8) is 0 Å². The number of amides is 2. The highest BCUT2D eigenvalue weighted by molar-refractivity contribution is 6.31. The average molecular weight is 665 g/mol. The fraction of sp³-hybridized carbons (Fsp3) is 0.611. The molecule has 1 aliphatic carbocycles. The Balaban J connectivity index is 1.08. The maximum Gasteiger partial charge on any atom is 0.410 e. The van der Waals surface area contributed by atoms with Gasteiger partial charge in [0.2, 0.25) is 0 Å². The molecule has 3 aliphatic rings. The van der Waals surface area contributed by atoms with Gasteiger partial charge < -0.3 is 24.6 Å². The third-order valence-electron chi connectivity index (χ3n) is 9.92. The fourth-order valence-corrected chi connectivity index (χ4v) is 7.88. The second-order valence-corrected chi connectivity index (χ2v) is 15.8. The minimum atomic E-state index is -0.467. The van der Waals surface area contributed by atoms with Crippen molar-refractivity contribution < 1.29 is 19.1 Å². The van der Waals surface area contributed by atoms with E-state index in [1.807, 2.05) is 37.8 Å². The molecule has 254 valence electrons. The van der Waals surface area contributed by atoms with Gasteiger partial charge in [0.05, 0.1) is 16.1 Å². The molecule has 0 unspecified atom stereocenters. The summed E-state index contributed by atoms with van der Waals surface area (Å²) in [5.41, 5.74) is -0.224. The molecular formula is C36H49ClN6O4. The number of pyridine rings is 1. The molecule has 0 atom stereocenters. The van der Waals surface area contributed by atoms with Crippen LogP contribution in [0.25, 0.3) is 0 Å². The van der Waals surface area contributed by atoms with Crippen molar-refractivity contribution in [2.24, 2.45) is 16.7 Å². The second kappa shape index (κ2) is 13.5. The smallest absolute Gasteiger partial charge is 0.410 e. The maximum absolute atomic E-state index is 13.4. The lowest BCUT2D eigenvalue weighted by Crippen LogP contribution is -2.74. The lowest BCUT2D eigenvalue weighted by molar-refractivity contribution is -0.164. The molecule has 2 aromatic rings. The number of piperazine rings is 1. The van der Waals surface area contributed by atoms with Crippen molar-refractivity contribution in [1.29, 1.82) is 5.26 Å². The first-order chi connectivity index (χ1) is 22.1. The number of anilines is 1. The van der Waals surface area contributed by atoms with E-state index in [1.165, 1.54) is 0 Å². The summed E-state index contributed by atoms with van der Waals surface area (Å²) in [5, 5.41) is 12.8. The zero-order valence-corrected chi connectivity index (χ0v) is 29.6. The molecule has 1 N–H and O–H groups in total. The highest BCUT2D eigenvalue weighted by Gasteiger charge is 2.64. The van der Waals surface area contributed by atoms with Gasteiger partial charge in [0.15, 0.2) is 0 Å². The summed E-state index contributed by atoms with van der Waals surface area (Å²) >= 11 is 6.23. The van der Waals surface area contributed by atoms with Gasteiger partial charge in [0.25, 0.3) is 5.91 Å². The van der Waals surface area contributed by atoms with E-state index >= 15 is 0 Å². The molecule has 11 heteroatoms. The SMILES string of the molecule is CC(C)(C)OC(=O)N1CCC(CN2CCN(c3ccc(C(=O)NC4C(C)(C)C(Oc5ccc(C#N)c(Cl)c5)C4(C)C)cn3)CC2)CC1. The van der Waals surface area contributed by atoms with Crippen LogP contribution in [0.2, 0.25) is 5.02 Å². The number of benzene rings is 1. The molecule has 1 saturated carbocycles. The molecule has 2 saturated heterocycles. The van der Waals surface area contributed by atoms with Gasteiger partial charge in [0, 0.05) is 74.9 Å². The molecule has 2 amide bonds. The predicted molar refractivity (Wildman–Crippen MR) is 183 cm³/mol. The Kier molecular flexibility index (Phi) is 10.0. The number of hydrogen-bond acceptors (Lipinski definition) is 8. The van der Waals surface area contributed by atoms with Crippen molar-refractivity contribution in [2.45, 2.75) is 79.1 Å². The largest absolute Gasteiger partial charge is 0.489 e. The van der Waals surface area contributed by atoms with E-state index in [4.69, 9.17) is 21.1 Å². The van der Waals surface area contributed by atoms with Crippen LogP contribution in [0.4, 0.5) is 10.6 Å². The Morgan fingerprint density at radius 3 is 2.23 bits per heavy atom. The zero-order chi connectivity index (χ0) is 34.1. The number of halogens is 1. The fourth-order valence-electron chi connectivity index (χ4n) is 7.67. The molecule has 0 radical (unpaired) electrons. The van der Waals surface area contributed by atoms with Gasteiger partial charge >= 0.3 is 6.09 Å². The summed E-state index contributed by atoms with van der Waals surface area (Å²) in [5.74, 6) is 1.91. The van der Waals surface area contributed by atoms with E-state index in [1.54, 1.807) is 24.4 Å². The third-order valence-corrected chi connectivity index (χ3v) is 10.2. The van der Waals surface area contributed by atoms with E-state index in [0.29, 0.717) is 27.8 Å². The van der Waals surface area contributed by atoms with Crippen LogP contribution in [-0.4, -0.2) is 90.3 Å².